The Morgan fingerprint density at radius 2 is 1.88 bits per heavy atom. The van der Waals surface area contributed by atoms with Crippen LogP contribution >= 0.6 is 11.6 Å². The lowest BCUT2D eigenvalue weighted by atomic mass is 10.0. The van der Waals surface area contributed by atoms with Crippen molar-refractivity contribution < 1.29 is 19.1 Å². The molecule has 4 rings (SSSR count). The van der Waals surface area contributed by atoms with Gasteiger partial charge in [0.25, 0.3) is 5.56 Å². The Kier molecular flexibility index (Phi) is 5.82. The lowest BCUT2D eigenvalue weighted by Crippen LogP contribution is -2.32. The molecule has 2 atom stereocenters. The molecule has 0 spiro atoms. The number of pyridine rings is 1. The summed E-state index contributed by atoms with van der Waals surface area (Å²) in [6.45, 7) is -0.525. The maximum absolute atomic E-state index is 14.6. The summed E-state index contributed by atoms with van der Waals surface area (Å²) in [6.07, 6.45) is 1.64. The van der Waals surface area contributed by atoms with Crippen molar-refractivity contribution in [3.8, 4) is 5.69 Å². The minimum Gasteiger partial charge on any atom is -0.395 e. The van der Waals surface area contributed by atoms with E-state index in [1.54, 1.807) is 36.4 Å². The molecular weight excluding hydrogens is 437 g/mol. The summed E-state index contributed by atoms with van der Waals surface area (Å²) in [6, 6.07) is 15.0. The molecule has 1 saturated carbocycles. The normalized spacial score (nSPS) is 19.3. The molecule has 1 aromatic heterocycles. The Morgan fingerprint density at radius 3 is 2.53 bits per heavy atom. The molecule has 7 nitrogen and oxygen atoms in total. The van der Waals surface area contributed by atoms with Crippen LogP contribution in [0.15, 0.2) is 71.7 Å². The van der Waals surface area contributed by atoms with Gasteiger partial charge >= 0.3 is 0 Å². The van der Waals surface area contributed by atoms with Crippen LogP contribution in [-0.4, -0.2) is 28.1 Å². The van der Waals surface area contributed by atoms with Crippen molar-refractivity contribution >= 4 is 34.8 Å². The fraction of sp³-hybridized carbons (Fsp3) is 0.174. The predicted molar refractivity (Wildman–Crippen MR) is 118 cm³/mol. The van der Waals surface area contributed by atoms with Crippen LogP contribution in [-0.2, 0) is 9.59 Å². The number of anilines is 2. The first-order chi connectivity index (χ1) is 15.3. The molecular formula is C23H19ClFN3O4. The van der Waals surface area contributed by atoms with Gasteiger partial charge in [0.05, 0.1) is 29.3 Å². The second-order valence-electron chi connectivity index (χ2n) is 7.59. The molecule has 2 aromatic carbocycles. The zero-order chi connectivity index (χ0) is 22.9. The van der Waals surface area contributed by atoms with Crippen molar-refractivity contribution in [1.82, 2.24) is 4.57 Å². The number of amides is 2. The Balaban J connectivity index is 1.46. The number of hydrogen-bond donors (Lipinski definition) is 3. The molecule has 2 amide bonds. The smallest absolute Gasteiger partial charge is 0.255 e. The molecule has 0 unspecified atom stereocenters. The molecule has 3 aromatic rings. The monoisotopic (exact) mass is 455 g/mol. The molecule has 164 valence electrons. The largest absolute Gasteiger partial charge is 0.395 e. The van der Waals surface area contributed by atoms with Crippen LogP contribution in [0.5, 0.6) is 0 Å². The highest BCUT2D eigenvalue weighted by atomic mass is 35.5. The number of hydrogen-bond acceptors (Lipinski definition) is 4. The minimum absolute atomic E-state index is 0.0837. The van der Waals surface area contributed by atoms with Crippen LogP contribution < -0.4 is 16.2 Å². The predicted octanol–water partition coefficient (Wildman–Crippen LogP) is 3.21. The van der Waals surface area contributed by atoms with Gasteiger partial charge < -0.3 is 15.7 Å². The number of benzene rings is 2. The van der Waals surface area contributed by atoms with Crippen LogP contribution in [0.4, 0.5) is 15.8 Å². The van der Waals surface area contributed by atoms with E-state index in [0.717, 1.165) is 6.07 Å². The van der Waals surface area contributed by atoms with Crippen molar-refractivity contribution in [1.29, 1.82) is 0 Å². The van der Waals surface area contributed by atoms with Gasteiger partial charge in [0.2, 0.25) is 11.8 Å². The number of aliphatic hydroxyl groups is 1. The van der Waals surface area contributed by atoms with Gasteiger partial charge in [-0.3, -0.25) is 19.0 Å². The summed E-state index contributed by atoms with van der Waals surface area (Å²) in [4.78, 5) is 37.3. The van der Waals surface area contributed by atoms with Gasteiger partial charge in [-0.25, -0.2) is 4.39 Å². The van der Waals surface area contributed by atoms with Crippen LogP contribution in [0.2, 0.25) is 5.02 Å². The Morgan fingerprint density at radius 1 is 1.12 bits per heavy atom. The maximum Gasteiger partial charge on any atom is 0.255 e. The highest BCUT2D eigenvalue weighted by Gasteiger charge is 2.63. The molecule has 1 aliphatic rings. The number of nitrogens with zero attached hydrogens (tertiary/aromatic N) is 1. The molecule has 0 saturated heterocycles. The van der Waals surface area contributed by atoms with Crippen LogP contribution in [0.3, 0.4) is 0 Å². The van der Waals surface area contributed by atoms with Gasteiger partial charge in [0.15, 0.2) is 0 Å². The third-order valence-corrected chi connectivity index (χ3v) is 5.79. The van der Waals surface area contributed by atoms with Crippen molar-refractivity contribution in [2.75, 3.05) is 17.2 Å². The highest BCUT2D eigenvalue weighted by molar-refractivity contribution is 6.30. The van der Waals surface area contributed by atoms with E-state index in [0.29, 0.717) is 16.4 Å². The Hall–Kier alpha value is -3.49. The number of halogens is 2. The Labute approximate surface area is 187 Å². The number of nitrogens with one attached hydrogen (secondary N) is 2. The van der Waals surface area contributed by atoms with Gasteiger partial charge in [0, 0.05) is 29.0 Å². The lowest BCUT2D eigenvalue weighted by Gasteiger charge is -2.15. The first-order valence-electron chi connectivity index (χ1n) is 9.80. The van der Waals surface area contributed by atoms with E-state index in [-0.39, 0.29) is 17.7 Å². The van der Waals surface area contributed by atoms with Gasteiger partial charge in [-0.1, -0.05) is 17.7 Å². The van der Waals surface area contributed by atoms with Crippen LogP contribution in [0.25, 0.3) is 5.69 Å². The summed E-state index contributed by atoms with van der Waals surface area (Å²) < 4.78 is 15.9. The number of rotatable bonds is 6. The fourth-order valence-corrected chi connectivity index (χ4v) is 3.68. The van der Waals surface area contributed by atoms with Gasteiger partial charge in [-0.2, -0.15) is 0 Å². The molecule has 0 aliphatic heterocycles. The maximum atomic E-state index is 14.6. The van der Waals surface area contributed by atoms with E-state index < -0.39 is 35.6 Å². The SMILES string of the molecule is O=C(Nc1ccc(-n2ccccc2=O)cc1F)[C@@H]1C[C@]1(CO)C(=O)Nc1ccc(Cl)cc1. The summed E-state index contributed by atoms with van der Waals surface area (Å²) in [7, 11) is 0. The van der Waals surface area contributed by atoms with Crippen molar-refractivity contribution in [3.05, 3.63) is 88.1 Å². The molecule has 1 fully saturated rings. The first kappa shape index (κ1) is 21.7. The van der Waals surface area contributed by atoms with Gasteiger partial charge in [-0.15, -0.1) is 0 Å². The standard InChI is InChI=1S/C23H19ClFN3O4/c24-14-4-6-15(7-5-14)26-22(32)23(13-29)12-17(23)21(31)27-19-9-8-16(11-18(19)25)28-10-2-1-3-20(28)30/h1-11,17,29H,12-13H2,(H,26,32)(H,27,31)/t17-,23+/m0/s1. The highest BCUT2D eigenvalue weighted by Crippen LogP contribution is 2.53. The number of aliphatic hydroxyl groups excluding tert-OH is 1. The minimum atomic E-state index is -1.28. The molecule has 9 heteroatoms. The van der Waals surface area contributed by atoms with Gasteiger partial charge in [-0.05, 0) is 48.9 Å². The van der Waals surface area contributed by atoms with Crippen LogP contribution in [0.1, 0.15) is 6.42 Å². The summed E-state index contributed by atoms with van der Waals surface area (Å²) in [5.41, 5.74) is -0.890. The topological polar surface area (TPSA) is 100 Å². The third kappa shape index (κ3) is 4.15. The van der Waals surface area contributed by atoms with Crippen molar-refractivity contribution in [3.63, 3.8) is 0 Å². The Bertz CT molecular complexity index is 1240. The number of carbonyl (C=O) groups is 2. The molecule has 1 heterocycles. The van der Waals surface area contributed by atoms with Gasteiger partial charge in [0.1, 0.15) is 5.82 Å². The lowest BCUT2D eigenvalue weighted by molar-refractivity contribution is -0.126. The molecule has 1 aliphatic carbocycles. The van der Waals surface area contributed by atoms with Crippen molar-refractivity contribution in [2.45, 2.75) is 6.42 Å². The van der Waals surface area contributed by atoms with E-state index in [9.17, 15) is 23.9 Å². The fourth-order valence-electron chi connectivity index (χ4n) is 3.55. The number of carbonyl (C=O) groups excluding carboxylic acids is 2. The van der Waals surface area contributed by atoms with Crippen LogP contribution in [0, 0.1) is 17.2 Å². The summed E-state index contributed by atoms with van der Waals surface area (Å²) >= 11 is 5.83. The molecule has 0 radical (unpaired) electrons. The second-order valence-corrected chi connectivity index (χ2v) is 8.03. The van der Waals surface area contributed by atoms with E-state index in [2.05, 4.69) is 10.6 Å². The first-order valence-corrected chi connectivity index (χ1v) is 10.2. The molecule has 0 bridgehead atoms. The van der Waals surface area contributed by atoms with E-state index in [4.69, 9.17) is 11.6 Å². The average Bonchev–Trinajstić information content (AvgIpc) is 3.54. The average molecular weight is 456 g/mol. The third-order valence-electron chi connectivity index (χ3n) is 5.54. The molecule has 3 N–H and O–H groups in total. The summed E-state index contributed by atoms with van der Waals surface area (Å²) in [5.74, 6) is -2.61. The zero-order valence-corrected chi connectivity index (χ0v) is 17.5. The van der Waals surface area contributed by atoms with E-state index in [1.165, 1.54) is 29.0 Å². The number of aromatic nitrogens is 1. The summed E-state index contributed by atoms with van der Waals surface area (Å²) in [5, 5.41) is 15.5. The zero-order valence-electron chi connectivity index (χ0n) is 16.7. The second kappa shape index (κ2) is 8.57. The van der Waals surface area contributed by atoms with E-state index in [1.807, 2.05) is 0 Å². The molecule has 32 heavy (non-hydrogen) atoms. The van der Waals surface area contributed by atoms with Crippen molar-refractivity contribution in [2.24, 2.45) is 11.3 Å². The quantitative estimate of drug-likeness (QED) is 0.531. The van der Waals surface area contributed by atoms with E-state index >= 15 is 0 Å².